The van der Waals surface area contributed by atoms with E-state index in [4.69, 9.17) is 4.98 Å². The molecule has 166 valence electrons. The van der Waals surface area contributed by atoms with Crippen LogP contribution in [0.4, 0.5) is 0 Å². The number of pyridine rings is 1. The van der Waals surface area contributed by atoms with Crippen molar-refractivity contribution < 1.29 is 18.4 Å². The third kappa shape index (κ3) is 4.37. The molecular weight excluding hydrogens is 478 g/mol. The Kier molecular flexibility index (Phi) is 5.89. The fourth-order valence-electron chi connectivity index (χ4n) is 4.45. The second-order valence-corrected chi connectivity index (χ2v) is 12.3. The maximum atomic E-state index is 13.3. The van der Waals surface area contributed by atoms with Gasteiger partial charge in [0.25, 0.3) is 0 Å². The molecule has 0 radical (unpaired) electrons. The number of aromatic nitrogens is 3. The summed E-state index contributed by atoms with van der Waals surface area (Å²) in [7, 11) is -3.76. The fraction of sp³-hybridized carbons (Fsp3) is 0.478. The first kappa shape index (κ1) is 22.3. The molecule has 31 heavy (non-hydrogen) atoms. The molecule has 0 spiro atoms. The van der Waals surface area contributed by atoms with Crippen LogP contribution in [0.25, 0.3) is 11.0 Å². The molecule has 6 nitrogen and oxygen atoms in total. The van der Waals surface area contributed by atoms with Gasteiger partial charge in [-0.05, 0) is 52.9 Å². The summed E-state index contributed by atoms with van der Waals surface area (Å²) in [5.41, 5.74) is 1.53. The number of imidazole rings is 1. The van der Waals surface area contributed by atoms with E-state index < -0.39 is 9.84 Å². The molecule has 2 aromatic heterocycles. The molecule has 0 amide bonds. The van der Waals surface area contributed by atoms with Gasteiger partial charge in [-0.15, -0.1) is 0 Å². The third-order valence-corrected chi connectivity index (χ3v) is 8.72. The van der Waals surface area contributed by atoms with Crippen LogP contribution in [0, 0.1) is 5.92 Å². The number of rotatable bonds is 4. The third-order valence-electron chi connectivity index (χ3n) is 6.02. The smallest absolute Gasteiger partial charge is 0.237 e. The van der Waals surface area contributed by atoms with Crippen molar-refractivity contribution in [3.05, 3.63) is 47.0 Å². The lowest BCUT2D eigenvalue weighted by atomic mass is 9.88. The molecule has 1 saturated carbocycles. The number of benzene rings is 1. The molecule has 1 aliphatic rings. The van der Waals surface area contributed by atoms with Crippen LogP contribution in [0.1, 0.15) is 58.7 Å². The van der Waals surface area contributed by atoms with Gasteiger partial charge in [-0.2, -0.15) is 0 Å². The van der Waals surface area contributed by atoms with Gasteiger partial charge in [0.05, 0.1) is 20.8 Å². The molecule has 8 heteroatoms. The van der Waals surface area contributed by atoms with Gasteiger partial charge >= 0.3 is 0 Å². The lowest BCUT2D eigenvalue weighted by Crippen LogP contribution is -2.29. The van der Waals surface area contributed by atoms with Gasteiger partial charge in [0.2, 0.25) is 22.2 Å². The summed E-state index contributed by atoms with van der Waals surface area (Å²) in [6, 6.07) is 6.60. The minimum Gasteiger partial charge on any atom is -0.327 e. The summed E-state index contributed by atoms with van der Waals surface area (Å²) in [6.45, 7) is 7.37. The fourth-order valence-corrected chi connectivity index (χ4v) is 6.75. The predicted molar refractivity (Wildman–Crippen MR) is 122 cm³/mol. The SMILES string of the molecule is CC(C)(C)c1nc2cc(S(=O)(=O)c3cc[n+](O)cc3Br)ccc2n1CC1CCCCC1. The molecule has 0 aliphatic heterocycles. The lowest BCUT2D eigenvalue weighted by molar-refractivity contribution is -0.905. The van der Waals surface area contributed by atoms with E-state index in [9.17, 15) is 13.6 Å². The zero-order valence-corrected chi connectivity index (χ0v) is 20.6. The average Bonchev–Trinajstić information content (AvgIpc) is 3.07. The van der Waals surface area contributed by atoms with Crippen LogP contribution >= 0.6 is 15.9 Å². The molecule has 1 aliphatic carbocycles. The van der Waals surface area contributed by atoms with Crippen LogP contribution in [0.3, 0.4) is 0 Å². The van der Waals surface area contributed by atoms with Crippen molar-refractivity contribution in [2.24, 2.45) is 5.92 Å². The minimum atomic E-state index is -3.76. The Morgan fingerprint density at radius 3 is 2.55 bits per heavy atom. The summed E-state index contributed by atoms with van der Waals surface area (Å²) in [4.78, 5) is 5.20. The van der Waals surface area contributed by atoms with Crippen LogP contribution < -0.4 is 4.73 Å². The van der Waals surface area contributed by atoms with Gasteiger partial charge in [0.1, 0.15) is 10.3 Å². The van der Waals surface area contributed by atoms with Crippen molar-refractivity contribution in [3.63, 3.8) is 0 Å². The molecule has 1 fully saturated rings. The summed E-state index contributed by atoms with van der Waals surface area (Å²) in [6.07, 6.45) is 8.97. The Hall–Kier alpha value is -1.93. The number of hydrogen-bond donors (Lipinski definition) is 1. The minimum absolute atomic E-state index is 0.106. The highest BCUT2D eigenvalue weighted by molar-refractivity contribution is 9.10. The maximum Gasteiger partial charge on any atom is 0.237 e. The van der Waals surface area contributed by atoms with Crippen LogP contribution in [0.15, 0.2) is 50.9 Å². The molecule has 0 bridgehead atoms. The zero-order chi connectivity index (χ0) is 22.4. The number of sulfone groups is 1. The highest BCUT2D eigenvalue weighted by atomic mass is 79.9. The van der Waals surface area contributed by atoms with Crippen molar-refractivity contribution in [1.82, 2.24) is 9.55 Å². The number of hydrogen-bond acceptors (Lipinski definition) is 4. The van der Waals surface area contributed by atoms with E-state index in [0.717, 1.165) is 22.6 Å². The van der Waals surface area contributed by atoms with E-state index >= 15 is 0 Å². The molecule has 2 heterocycles. The Bertz CT molecular complexity index is 1220. The maximum absolute atomic E-state index is 13.3. The van der Waals surface area contributed by atoms with Crippen LogP contribution in [0.5, 0.6) is 0 Å². The van der Waals surface area contributed by atoms with Crippen molar-refractivity contribution in [3.8, 4) is 0 Å². The average molecular weight is 507 g/mol. The van der Waals surface area contributed by atoms with Gasteiger partial charge in [-0.25, -0.2) is 13.4 Å². The molecule has 1 N–H and O–H groups in total. The first-order valence-electron chi connectivity index (χ1n) is 10.7. The highest BCUT2D eigenvalue weighted by Gasteiger charge is 2.28. The first-order chi connectivity index (χ1) is 14.6. The van der Waals surface area contributed by atoms with E-state index in [-0.39, 0.29) is 15.2 Å². The van der Waals surface area contributed by atoms with Gasteiger partial charge in [0.15, 0.2) is 0 Å². The van der Waals surface area contributed by atoms with Gasteiger partial charge in [-0.1, -0.05) is 40.0 Å². The van der Waals surface area contributed by atoms with E-state index in [2.05, 4.69) is 41.3 Å². The summed E-state index contributed by atoms with van der Waals surface area (Å²) in [5.74, 6) is 1.63. The van der Waals surface area contributed by atoms with Gasteiger partial charge in [0, 0.05) is 22.8 Å². The normalized spacial score (nSPS) is 16.1. The van der Waals surface area contributed by atoms with Crippen LogP contribution in [-0.4, -0.2) is 23.2 Å². The quantitative estimate of drug-likeness (QED) is 0.397. The largest absolute Gasteiger partial charge is 0.327 e. The number of halogens is 1. The Morgan fingerprint density at radius 2 is 1.90 bits per heavy atom. The molecule has 3 aromatic rings. The Morgan fingerprint density at radius 1 is 1.19 bits per heavy atom. The number of fused-ring (bicyclic) bond motifs is 1. The van der Waals surface area contributed by atoms with Crippen LogP contribution in [-0.2, 0) is 21.8 Å². The lowest BCUT2D eigenvalue weighted by Gasteiger charge is -2.26. The van der Waals surface area contributed by atoms with E-state index in [1.165, 1.54) is 50.6 Å². The zero-order valence-electron chi connectivity index (χ0n) is 18.2. The van der Waals surface area contributed by atoms with E-state index in [0.29, 0.717) is 15.9 Å². The topological polar surface area (TPSA) is 76.1 Å². The van der Waals surface area contributed by atoms with Crippen molar-refractivity contribution >= 4 is 36.8 Å². The van der Waals surface area contributed by atoms with E-state index in [1.807, 2.05) is 6.07 Å². The summed E-state index contributed by atoms with van der Waals surface area (Å²) >= 11 is 3.25. The van der Waals surface area contributed by atoms with Crippen LogP contribution in [0.2, 0.25) is 0 Å². The molecule has 0 unspecified atom stereocenters. The first-order valence-corrected chi connectivity index (χ1v) is 13.0. The van der Waals surface area contributed by atoms with E-state index in [1.54, 1.807) is 12.1 Å². The Labute approximate surface area is 191 Å². The summed E-state index contributed by atoms with van der Waals surface area (Å²) < 4.78 is 29.9. The molecule has 0 saturated heterocycles. The summed E-state index contributed by atoms with van der Waals surface area (Å²) in [5, 5.41) is 9.54. The van der Waals surface area contributed by atoms with Crippen molar-refractivity contribution in [2.75, 3.05) is 0 Å². The number of nitrogens with zero attached hydrogens (tertiary/aromatic N) is 3. The van der Waals surface area contributed by atoms with Gasteiger partial charge in [-0.3, -0.25) is 5.21 Å². The predicted octanol–water partition coefficient (Wildman–Crippen LogP) is 5.03. The molecule has 1 aromatic carbocycles. The van der Waals surface area contributed by atoms with Gasteiger partial charge < -0.3 is 4.57 Å². The molecule has 4 rings (SSSR count). The van der Waals surface area contributed by atoms with Crippen molar-refractivity contribution in [2.45, 2.75) is 74.6 Å². The Balaban J connectivity index is 1.80. The highest BCUT2D eigenvalue weighted by Crippen LogP contribution is 2.33. The second-order valence-electron chi connectivity index (χ2n) is 9.49. The second kappa shape index (κ2) is 8.20. The monoisotopic (exact) mass is 506 g/mol. The standard InChI is InChI=1S/C23H29BrN3O3S/c1-23(2,3)22-25-19-13-17(31(29,30)21-11-12-26(28)15-18(21)24)9-10-20(19)27(22)14-16-7-5-4-6-8-16/h9-13,15-16,28H,4-8,14H2,1-3H3/q+1. The molecular formula is C23H29BrN3O3S+. The van der Waals surface area contributed by atoms with Crippen molar-refractivity contribution in [1.29, 1.82) is 0 Å². The molecule has 0 atom stereocenters.